The molecule has 2 rings (SSSR count). The summed E-state index contributed by atoms with van der Waals surface area (Å²) in [6.45, 7) is 4.18. The lowest BCUT2D eigenvalue weighted by molar-refractivity contribution is -0.136. The van der Waals surface area contributed by atoms with Crippen LogP contribution in [0.3, 0.4) is 0 Å². The number of rotatable bonds is 8. The van der Waals surface area contributed by atoms with Crippen molar-refractivity contribution in [3.63, 3.8) is 0 Å². The molecule has 0 radical (unpaired) electrons. The van der Waals surface area contributed by atoms with Gasteiger partial charge in [0.15, 0.2) is 0 Å². The molecule has 2 aromatic carbocycles. The smallest absolute Gasteiger partial charge is 0.348 e. The van der Waals surface area contributed by atoms with Gasteiger partial charge in [-0.3, -0.25) is 4.79 Å². The Kier molecular flexibility index (Phi) is 8.45. The Bertz CT molecular complexity index is 984. The third-order valence-corrected chi connectivity index (χ3v) is 4.73. The van der Waals surface area contributed by atoms with Crippen molar-refractivity contribution in [3.05, 3.63) is 63.7 Å². The van der Waals surface area contributed by atoms with Gasteiger partial charge < -0.3 is 14.2 Å². The van der Waals surface area contributed by atoms with Gasteiger partial charge in [-0.1, -0.05) is 23.7 Å². The molecule has 0 aliphatic rings. The average molecular weight is 428 g/mol. The molecule has 0 spiro atoms. The third-order valence-electron chi connectivity index (χ3n) is 4.13. The number of nitrogens with zero attached hydrogens (tertiary/aromatic N) is 1. The second-order valence-corrected chi connectivity index (χ2v) is 6.91. The van der Waals surface area contributed by atoms with E-state index in [0.29, 0.717) is 30.1 Å². The number of ether oxygens (including phenoxy) is 3. The van der Waals surface area contributed by atoms with Gasteiger partial charge in [-0.2, -0.15) is 5.26 Å². The fourth-order valence-electron chi connectivity index (χ4n) is 2.66. The molecule has 0 bridgehead atoms. The fourth-order valence-corrected chi connectivity index (χ4v) is 2.77. The molecule has 0 saturated heterocycles. The summed E-state index contributed by atoms with van der Waals surface area (Å²) in [5.41, 5.74) is 2.27. The minimum Gasteiger partial charge on any atom is -0.494 e. The van der Waals surface area contributed by atoms with Crippen molar-refractivity contribution in [3.8, 4) is 17.6 Å². The molecular weight excluding hydrogens is 406 g/mol. The van der Waals surface area contributed by atoms with E-state index in [1.165, 1.54) is 13.2 Å². The lowest BCUT2D eigenvalue weighted by atomic mass is 10.1. The Hall–Kier alpha value is -3.30. The Balaban J connectivity index is 1.87. The van der Waals surface area contributed by atoms with Crippen LogP contribution in [0.25, 0.3) is 6.08 Å². The predicted octanol–water partition coefficient (Wildman–Crippen LogP) is 4.80. The molecule has 156 valence electrons. The van der Waals surface area contributed by atoms with Crippen LogP contribution in [0.5, 0.6) is 11.5 Å². The van der Waals surface area contributed by atoms with Crippen molar-refractivity contribution in [2.45, 2.75) is 26.7 Å². The number of methoxy groups -OCH3 is 1. The normalized spacial score (nSPS) is 10.8. The molecule has 0 aliphatic heterocycles. The summed E-state index contributed by atoms with van der Waals surface area (Å²) < 4.78 is 15.5. The van der Waals surface area contributed by atoms with Crippen LogP contribution in [0, 0.1) is 25.2 Å². The van der Waals surface area contributed by atoms with E-state index in [-0.39, 0.29) is 12.0 Å². The Labute approximate surface area is 180 Å². The van der Waals surface area contributed by atoms with Gasteiger partial charge in [0, 0.05) is 11.4 Å². The second-order valence-electron chi connectivity index (χ2n) is 6.53. The number of halogens is 1. The van der Waals surface area contributed by atoms with Gasteiger partial charge in [0.2, 0.25) is 0 Å². The standard InChI is InChI=1S/C23H22ClNO5/c1-15-10-20(11-16(2)22(15)24)29-9-5-8-21(26)30-19-7-4-6-17(13-19)12-18(14-25)23(27)28-3/h4,6-7,10-13H,5,8-9H2,1-3H3/b18-12+. The van der Waals surface area contributed by atoms with Crippen LogP contribution in [0.15, 0.2) is 42.0 Å². The zero-order valence-electron chi connectivity index (χ0n) is 17.0. The molecular formula is C23H22ClNO5. The van der Waals surface area contributed by atoms with Gasteiger partial charge in [-0.25, -0.2) is 4.79 Å². The molecule has 0 unspecified atom stereocenters. The van der Waals surface area contributed by atoms with Crippen LogP contribution in [0.2, 0.25) is 5.02 Å². The summed E-state index contributed by atoms with van der Waals surface area (Å²) in [7, 11) is 1.20. The first-order valence-corrected chi connectivity index (χ1v) is 9.62. The summed E-state index contributed by atoms with van der Waals surface area (Å²) >= 11 is 6.14. The summed E-state index contributed by atoms with van der Waals surface area (Å²) in [4.78, 5) is 23.6. The SMILES string of the molecule is COC(=O)/C(C#N)=C/c1cccc(OC(=O)CCCOc2cc(C)c(Cl)c(C)c2)c1. The summed E-state index contributed by atoms with van der Waals surface area (Å²) in [5.74, 6) is -0.107. The van der Waals surface area contributed by atoms with Gasteiger partial charge in [0.1, 0.15) is 23.1 Å². The van der Waals surface area contributed by atoms with E-state index < -0.39 is 11.9 Å². The third kappa shape index (κ3) is 6.64. The zero-order valence-corrected chi connectivity index (χ0v) is 17.8. The van der Waals surface area contributed by atoms with Crippen molar-refractivity contribution in [2.75, 3.05) is 13.7 Å². The molecule has 0 N–H and O–H groups in total. The van der Waals surface area contributed by atoms with Crippen LogP contribution in [0.4, 0.5) is 0 Å². The van der Waals surface area contributed by atoms with Crippen LogP contribution in [0.1, 0.15) is 29.5 Å². The van der Waals surface area contributed by atoms with E-state index in [2.05, 4.69) is 4.74 Å². The van der Waals surface area contributed by atoms with Crippen LogP contribution < -0.4 is 9.47 Å². The van der Waals surface area contributed by atoms with Crippen molar-refractivity contribution in [1.82, 2.24) is 0 Å². The minimum atomic E-state index is -0.731. The van der Waals surface area contributed by atoms with Gasteiger partial charge in [0.05, 0.1) is 13.7 Å². The highest BCUT2D eigenvalue weighted by Crippen LogP contribution is 2.26. The number of nitriles is 1. The molecule has 0 aliphatic carbocycles. The molecule has 0 saturated carbocycles. The molecule has 0 atom stereocenters. The molecule has 0 aromatic heterocycles. The highest BCUT2D eigenvalue weighted by molar-refractivity contribution is 6.32. The minimum absolute atomic E-state index is 0.147. The van der Waals surface area contributed by atoms with E-state index in [1.807, 2.05) is 26.0 Å². The van der Waals surface area contributed by atoms with E-state index in [0.717, 1.165) is 16.1 Å². The van der Waals surface area contributed by atoms with Crippen LogP contribution >= 0.6 is 11.6 Å². The lowest BCUT2D eigenvalue weighted by Gasteiger charge is -2.10. The Morgan fingerprint density at radius 2 is 1.83 bits per heavy atom. The maximum absolute atomic E-state index is 12.1. The van der Waals surface area contributed by atoms with Crippen LogP contribution in [-0.2, 0) is 14.3 Å². The maximum atomic E-state index is 12.1. The monoisotopic (exact) mass is 427 g/mol. The number of esters is 2. The quantitative estimate of drug-likeness (QED) is 0.198. The van der Waals surface area contributed by atoms with Crippen molar-refractivity contribution in [2.24, 2.45) is 0 Å². The van der Waals surface area contributed by atoms with Gasteiger partial charge >= 0.3 is 11.9 Å². The van der Waals surface area contributed by atoms with E-state index in [4.69, 9.17) is 26.3 Å². The van der Waals surface area contributed by atoms with Gasteiger partial charge in [0.25, 0.3) is 0 Å². The highest BCUT2D eigenvalue weighted by atomic mass is 35.5. The zero-order chi connectivity index (χ0) is 22.1. The first-order chi connectivity index (χ1) is 14.3. The number of hydrogen-bond acceptors (Lipinski definition) is 6. The topological polar surface area (TPSA) is 85.6 Å². The van der Waals surface area contributed by atoms with Crippen LogP contribution in [-0.4, -0.2) is 25.7 Å². The Morgan fingerprint density at radius 3 is 2.47 bits per heavy atom. The van der Waals surface area contributed by atoms with Gasteiger partial charge in [-0.15, -0.1) is 0 Å². The molecule has 0 heterocycles. The fraction of sp³-hybridized carbons (Fsp3) is 0.261. The van der Waals surface area contributed by atoms with E-state index >= 15 is 0 Å². The first kappa shape index (κ1) is 23.0. The number of benzene rings is 2. The largest absolute Gasteiger partial charge is 0.494 e. The summed E-state index contributed by atoms with van der Waals surface area (Å²) in [5, 5.41) is 9.75. The maximum Gasteiger partial charge on any atom is 0.348 e. The number of carbonyl (C=O) groups is 2. The molecule has 2 aromatic rings. The number of carbonyl (C=O) groups excluding carboxylic acids is 2. The number of hydrogen-bond donors (Lipinski definition) is 0. The van der Waals surface area contributed by atoms with Gasteiger partial charge in [-0.05, 0) is 67.3 Å². The average Bonchev–Trinajstić information content (AvgIpc) is 2.73. The molecule has 7 heteroatoms. The molecule has 0 amide bonds. The van der Waals surface area contributed by atoms with Crippen molar-refractivity contribution in [1.29, 1.82) is 5.26 Å². The number of aryl methyl sites for hydroxylation is 2. The van der Waals surface area contributed by atoms with E-state index in [9.17, 15) is 9.59 Å². The Morgan fingerprint density at radius 1 is 1.13 bits per heavy atom. The molecule has 6 nitrogen and oxygen atoms in total. The molecule has 30 heavy (non-hydrogen) atoms. The lowest BCUT2D eigenvalue weighted by Crippen LogP contribution is -2.10. The predicted molar refractivity (Wildman–Crippen MR) is 113 cm³/mol. The van der Waals surface area contributed by atoms with Crippen molar-refractivity contribution >= 4 is 29.6 Å². The highest BCUT2D eigenvalue weighted by Gasteiger charge is 2.10. The summed E-state index contributed by atoms with van der Waals surface area (Å²) in [6, 6.07) is 12.0. The first-order valence-electron chi connectivity index (χ1n) is 9.24. The second kappa shape index (κ2) is 11.0. The van der Waals surface area contributed by atoms with Crippen molar-refractivity contribution < 1.29 is 23.8 Å². The summed E-state index contributed by atoms with van der Waals surface area (Å²) in [6.07, 6.45) is 2.03. The molecule has 0 fully saturated rings. The van der Waals surface area contributed by atoms with E-state index in [1.54, 1.807) is 30.3 Å².